The first-order valence-electron chi connectivity index (χ1n) is 10.5. The molecule has 6 heteroatoms. The van der Waals surface area contributed by atoms with Gasteiger partial charge >= 0.3 is 0 Å². The molecule has 4 rings (SSSR count). The third kappa shape index (κ3) is 4.86. The number of carbonyl (C=O) groups is 1. The number of piperazine rings is 1. The van der Waals surface area contributed by atoms with Crippen molar-refractivity contribution in [1.82, 2.24) is 10.3 Å². The summed E-state index contributed by atoms with van der Waals surface area (Å²) in [5, 5.41) is 4.54. The zero-order valence-electron chi connectivity index (χ0n) is 16.3. The molecule has 2 aromatic rings. The number of para-hydroxylation sites is 1. The second kappa shape index (κ2) is 8.67. The largest absolute Gasteiger partial charge is 0.348 e. The van der Waals surface area contributed by atoms with Gasteiger partial charge in [0.05, 0.1) is 10.2 Å². The molecular weight excluding hydrogens is 356 g/mol. The summed E-state index contributed by atoms with van der Waals surface area (Å²) in [6, 6.07) is 8.79. The van der Waals surface area contributed by atoms with Crippen LogP contribution in [-0.2, 0) is 11.3 Å². The molecule has 2 aliphatic rings. The van der Waals surface area contributed by atoms with E-state index in [-0.39, 0.29) is 5.91 Å². The molecule has 0 bridgehead atoms. The summed E-state index contributed by atoms with van der Waals surface area (Å²) >= 11 is 1.82. The summed E-state index contributed by atoms with van der Waals surface area (Å²) in [5.41, 5.74) is 1.12. The molecule has 5 nitrogen and oxygen atoms in total. The van der Waals surface area contributed by atoms with E-state index in [9.17, 15) is 4.79 Å². The van der Waals surface area contributed by atoms with Gasteiger partial charge in [-0.1, -0.05) is 31.9 Å². The Bertz CT molecular complexity index is 735. The van der Waals surface area contributed by atoms with E-state index in [1.807, 2.05) is 11.3 Å². The second-order valence-electron chi connectivity index (χ2n) is 8.36. The molecule has 2 fully saturated rings. The Morgan fingerprint density at radius 2 is 1.89 bits per heavy atom. The second-order valence-corrected chi connectivity index (χ2v) is 9.48. The first-order chi connectivity index (χ1) is 13.2. The number of carbonyl (C=O) groups excluding carboxylic acids is 1. The highest BCUT2D eigenvalue weighted by Crippen LogP contribution is 2.23. The summed E-state index contributed by atoms with van der Waals surface area (Å²) in [6.45, 7) is 8.33. The Kier molecular flexibility index (Phi) is 6.05. The molecule has 2 heterocycles. The predicted molar refractivity (Wildman–Crippen MR) is 109 cm³/mol. The van der Waals surface area contributed by atoms with E-state index in [0.717, 1.165) is 44.7 Å². The van der Waals surface area contributed by atoms with E-state index in [4.69, 9.17) is 4.98 Å². The van der Waals surface area contributed by atoms with Crippen molar-refractivity contribution in [2.75, 3.05) is 32.7 Å². The van der Waals surface area contributed by atoms with Gasteiger partial charge in [-0.15, -0.1) is 11.3 Å². The molecule has 1 aromatic carbocycles. The van der Waals surface area contributed by atoms with Crippen LogP contribution in [0.3, 0.4) is 0 Å². The van der Waals surface area contributed by atoms with Crippen molar-refractivity contribution in [2.45, 2.75) is 45.2 Å². The quantitative estimate of drug-likeness (QED) is 0.689. The number of fused-ring (bicyclic) bond motifs is 1. The molecule has 1 aromatic heterocycles. The van der Waals surface area contributed by atoms with Crippen molar-refractivity contribution in [3.05, 3.63) is 29.3 Å². The smallest absolute Gasteiger partial charge is 0.275 e. The molecule has 1 saturated heterocycles. The molecule has 146 valence electrons. The Balaban J connectivity index is 1.22. The Morgan fingerprint density at radius 1 is 1.15 bits per heavy atom. The Morgan fingerprint density at radius 3 is 2.67 bits per heavy atom. The minimum absolute atomic E-state index is 0.248. The van der Waals surface area contributed by atoms with Crippen LogP contribution in [0.4, 0.5) is 0 Å². The van der Waals surface area contributed by atoms with Crippen molar-refractivity contribution in [3.8, 4) is 0 Å². The van der Waals surface area contributed by atoms with E-state index in [1.165, 1.54) is 33.9 Å². The molecule has 0 radical (unpaired) electrons. The van der Waals surface area contributed by atoms with Gasteiger partial charge in [-0.05, 0) is 30.9 Å². The van der Waals surface area contributed by atoms with Gasteiger partial charge in [-0.3, -0.25) is 4.79 Å². The first-order valence-corrected chi connectivity index (χ1v) is 11.3. The van der Waals surface area contributed by atoms with Gasteiger partial charge in [0, 0.05) is 6.04 Å². The van der Waals surface area contributed by atoms with Crippen molar-refractivity contribution in [3.63, 3.8) is 0 Å². The molecule has 1 saturated carbocycles. The Labute approximate surface area is 165 Å². The molecule has 2 atom stereocenters. The average Bonchev–Trinajstić information content (AvgIpc) is 3.07. The maximum Gasteiger partial charge on any atom is 0.275 e. The van der Waals surface area contributed by atoms with Gasteiger partial charge < -0.3 is 15.1 Å². The van der Waals surface area contributed by atoms with Gasteiger partial charge in [0.15, 0.2) is 6.54 Å². The fourth-order valence-electron chi connectivity index (χ4n) is 4.54. The van der Waals surface area contributed by atoms with E-state index in [2.05, 4.69) is 36.5 Å². The summed E-state index contributed by atoms with van der Waals surface area (Å²) in [5.74, 6) is 0.881. The highest BCUT2D eigenvalue weighted by atomic mass is 32.1. The SMILES string of the molecule is C[C@@H]1CCCC[C@@H]1NC(=O)C[NH+]1CC[NH+](Cc2nc3ccccc3s2)CC1. The van der Waals surface area contributed by atoms with Gasteiger partial charge in [-0.25, -0.2) is 4.98 Å². The molecule has 27 heavy (non-hydrogen) atoms. The molecule has 3 N–H and O–H groups in total. The van der Waals surface area contributed by atoms with Crippen molar-refractivity contribution in [2.24, 2.45) is 5.92 Å². The van der Waals surface area contributed by atoms with Crippen LogP contribution in [0.2, 0.25) is 0 Å². The molecule has 1 aliphatic heterocycles. The zero-order chi connectivity index (χ0) is 18.6. The van der Waals surface area contributed by atoms with E-state index < -0.39 is 0 Å². The number of nitrogens with one attached hydrogen (secondary N) is 3. The first kappa shape index (κ1) is 18.8. The van der Waals surface area contributed by atoms with Crippen molar-refractivity contribution < 1.29 is 14.6 Å². The highest BCUT2D eigenvalue weighted by Gasteiger charge is 2.28. The number of hydrogen-bond donors (Lipinski definition) is 3. The summed E-state index contributed by atoms with van der Waals surface area (Å²) in [4.78, 5) is 20.3. The lowest BCUT2D eigenvalue weighted by Crippen LogP contribution is -3.28. The van der Waals surface area contributed by atoms with Crippen LogP contribution in [0.1, 0.15) is 37.6 Å². The fourth-order valence-corrected chi connectivity index (χ4v) is 5.57. The number of hydrogen-bond acceptors (Lipinski definition) is 3. The zero-order valence-corrected chi connectivity index (χ0v) is 17.1. The molecular formula is C21H32N4OS+2. The van der Waals surface area contributed by atoms with Crippen LogP contribution in [0.15, 0.2) is 24.3 Å². The molecule has 1 aliphatic carbocycles. The average molecular weight is 389 g/mol. The number of thiazole rings is 1. The van der Waals surface area contributed by atoms with E-state index in [1.54, 1.807) is 4.90 Å². The van der Waals surface area contributed by atoms with Crippen LogP contribution < -0.4 is 15.1 Å². The van der Waals surface area contributed by atoms with Crippen LogP contribution in [0.5, 0.6) is 0 Å². The van der Waals surface area contributed by atoms with Crippen molar-refractivity contribution in [1.29, 1.82) is 0 Å². The van der Waals surface area contributed by atoms with E-state index in [0.29, 0.717) is 18.5 Å². The molecule has 0 spiro atoms. The van der Waals surface area contributed by atoms with Gasteiger partial charge in [0.25, 0.3) is 5.91 Å². The molecule has 0 unspecified atom stereocenters. The summed E-state index contributed by atoms with van der Waals surface area (Å²) in [6.07, 6.45) is 4.99. The minimum atomic E-state index is 0.248. The van der Waals surface area contributed by atoms with Crippen LogP contribution in [-0.4, -0.2) is 49.7 Å². The van der Waals surface area contributed by atoms with Crippen LogP contribution in [0, 0.1) is 5.92 Å². The van der Waals surface area contributed by atoms with E-state index >= 15 is 0 Å². The summed E-state index contributed by atoms with van der Waals surface area (Å²) < 4.78 is 1.28. The predicted octanol–water partition coefficient (Wildman–Crippen LogP) is 0.275. The molecule has 1 amide bonds. The fraction of sp³-hybridized carbons (Fsp3) is 0.619. The normalized spacial score (nSPS) is 28.9. The standard InChI is InChI=1S/C21H30N4OS/c1-16-6-2-3-7-17(16)22-20(26)14-24-10-12-25(13-11-24)15-21-23-18-8-4-5-9-19(18)27-21/h4-5,8-9,16-17H,2-3,6-7,10-15H2,1H3,(H,22,26)/p+2/t16-,17+/m1/s1. The number of benzene rings is 1. The third-order valence-corrected chi connectivity index (χ3v) is 7.31. The number of rotatable bonds is 5. The van der Waals surface area contributed by atoms with Crippen LogP contribution in [0.25, 0.3) is 10.2 Å². The highest BCUT2D eigenvalue weighted by molar-refractivity contribution is 7.18. The Hall–Kier alpha value is -1.50. The lowest BCUT2D eigenvalue weighted by molar-refractivity contribution is -1.02. The maximum absolute atomic E-state index is 12.4. The number of amides is 1. The monoisotopic (exact) mass is 388 g/mol. The minimum Gasteiger partial charge on any atom is -0.348 e. The third-order valence-electron chi connectivity index (χ3n) is 6.27. The number of quaternary nitrogens is 2. The number of nitrogens with zero attached hydrogens (tertiary/aromatic N) is 1. The lowest BCUT2D eigenvalue weighted by atomic mass is 9.86. The maximum atomic E-state index is 12.4. The van der Waals surface area contributed by atoms with Gasteiger partial charge in [-0.2, -0.15) is 0 Å². The lowest BCUT2D eigenvalue weighted by Gasteiger charge is -2.31. The summed E-state index contributed by atoms with van der Waals surface area (Å²) in [7, 11) is 0. The van der Waals surface area contributed by atoms with Gasteiger partial charge in [0.2, 0.25) is 0 Å². The van der Waals surface area contributed by atoms with Crippen molar-refractivity contribution >= 4 is 27.5 Å². The topological polar surface area (TPSA) is 50.9 Å². The number of aromatic nitrogens is 1. The van der Waals surface area contributed by atoms with Crippen LogP contribution >= 0.6 is 11.3 Å². The van der Waals surface area contributed by atoms with Gasteiger partial charge in [0.1, 0.15) is 37.7 Å².